The van der Waals surface area contributed by atoms with Crippen molar-refractivity contribution in [2.45, 2.75) is 46.8 Å². The summed E-state index contributed by atoms with van der Waals surface area (Å²) in [5.41, 5.74) is 5.47. The molecule has 0 aliphatic heterocycles. The average Bonchev–Trinajstić information content (AvgIpc) is 2.69. The third-order valence-electron chi connectivity index (χ3n) is 2.49. The van der Waals surface area contributed by atoms with Crippen LogP contribution < -0.4 is 5.73 Å². The lowest BCUT2D eigenvalue weighted by atomic mass is 9.88. The minimum atomic E-state index is -0.0970. The molecular formula is C11H23N5O. The molecule has 17 heavy (non-hydrogen) atoms. The minimum absolute atomic E-state index is 0.0365. The van der Waals surface area contributed by atoms with Gasteiger partial charge in [0.25, 0.3) is 0 Å². The van der Waals surface area contributed by atoms with Crippen molar-refractivity contribution in [3.05, 3.63) is 5.82 Å². The summed E-state index contributed by atoms with van der Waals surface area (Å²) in [6.45, 7) is 10.4. The summed E-state index contributed by atoms with van der Waals surface area (Å²) in [5, 5.41) is 11.8. The number of aryl methyl sites for hydroxylation is 1. The van der Waals surface area contributed by atoms with E-state index in [9.17, 15) is 0 Å². The zero-order valence-electron chi connectivity index (χ0n) is 11.2. The molecule has 6 nitrogen and oxygen atoms in total. The van der Waals surface area contributed by atoms with E-state index in [2.05, 4.69) is 36.3 Å². The number of rotatable bonds is 6. The molecule has 2 N–H and O–H groups in total. The average molecular weight is 241 g/mol. The van der Waals surface area contributed by atoms with Gasteiger partial charge in [0.15, 0.2) is 5.82 Å². The Labute approximate surface area is 103 Å². The number of nitrogens with zero attached hydrogens (tertiary/aromatic N) is 4. The van der Waals surface area contributed by atoms with Crippen LogP contribution in [0, 0.1) is 5.41 Å². The van der Waals surface area contributed by atoms with E-state index in [1.165, 1.54) is 0 Å². The van der Waals surface area contributed by atoms with Gasteiger partial charge in [-0.05, 0) is 35.7 Å². The van der Waals surface area contributed by atoms with E-state index in [4.69, 9.17) is 10.5 Å². The lowest BCUT2D eigenvalue weighted by molar-refractivity contribution is -0.0220. The van der Waals surface area contributed by atoms with Crippen molar-refractivity contribution in [3.8, 4) is 0 Å². The van der Waals surface area contributed by atoms with Crippen LogP contribution in [0.1, 0.15) is 46.0 Å². The largest absolute Gasteiger partial charge is 0.370 e. The van der Waals surface area contributed by atoms with Crippen LogP contribution in [0.3, 0.4) is 0 Å². The van der Waals surface area contributed by atoms with Crippen molar-refractivity contribution in [3.63, 3.8) is 0 Å². The van der Waals surface area contributed by atoms with Gasteiger partial charge < -0.3 is 10.5 Å². The Morgan fingerprint density at radius 1 is 1.41 bits per heavy atom. The Morgan fingerprint density at radius 2 is 2.12 bits per heavy atom. The Bertz CT molecular complexity index is 331. The molecule has 0 bridgehead atoms. The fourth-order valence-electron chi connectivity index (χ4n) is 1.68. The molecular weight excluding hydrogens is 218 g/mol. The van der Waals surface area contributed by atoms with Crippen LogP contribution in [-0.2, 0) is 11.3 Å². The number of nitrogens with two attached hydrogens (primary N) is 1. The predicted molar refractivity (Wildman–Crippen MR) is 65.3 cm³/mol. The molecule has 1 aromatic rings. The first kappa shape index (κ1) is 14.1. The molecule has 98 valence electrons. The highest BCUT2D eigenvalue weighted by Crippen LogP contribution is 2.34. The van der Waals surface area contributed by atoms with Gasteiger partial charge in [0.05, 0.1) is 0 Å². The van der Waals surface area contributed by atoms with Gasteiger partial charge in [0.1, 0.15) is 6.10 Å². The van der Waals surface area contributed by atoms with Crippen molar-refractivity contribution in [1.29, 1.82) is 0 Å². The molecule has 1 rings (SSSR count). The summed E-state index contributed by atoms with van der Waals surface area (Å²) in [6.07, 6.45) is 0.765. The van der Waals surface area contributed by atoms with Crippen molar-refractivity contribution >= 4 is 0 Å². The van der Waals surface area contributed by atoms with E-state index < -0.39 is 0 Å². The summed E-state index contributed by atoms with van der Waals surface area (Å²) in [6, 6.07) is 0. The molecule has 0 saturated carbocycles. The highest BCUT2D eigenvalue weighted by atomic mass is 16.5. The van der Waals surface area contributed by atoms with Crippen LogP contribution in [-0.4, -0.2) is 33.4 Å². The Morgan fingerprint density at radius 3 is 2.65 bits per heavy atom. The van der Waals surface area contributed by atoms with Crippen molar-refractivity contribution in [2.24, 2.45) is 11.1 Å². The maximum atomic E-state index is 5.78. The molecule has 0 spiro atoms. The molecule has 1 heterocycles. The fourth-order valence-corrected chi connectivity index (χ4v) is 1.68. The molecule has 0 amide bonds. The highest BCUT2D eigenvalue weighted by Gasteiger charge is 2.31. The van der Waals surface area contributed by atoms with Crippen LogP contribution in [0.2, 0.25) is 0 Å². The summed E-state index contributed by atoms with van der Waals surface area (Å²) in [7, 11) is 0. The lowest BCUT2D eigenvalue weighted by Gasteiger charge is -2.29. The molecule has 1 aromatic heterocycles. The second-order valence-corrected chi connectivity index (χ2v) is 5.10. The van der Waals surface area contributed by atoms with Gasteiger partial charge in [-0.25, -0.2) is 4.68 Å². The monoisotopic (exact) mass is 241 g/mol. The van der Waals surface area contributed by atoms with Gasteiger partial charge in [-0.1, -0.05) is 20.8 Å². The Kier molecular flexibility index (Phi) is 5.02. The SMILES string of the molecule is CCOC(c1nnnn1CCCN)C(C)(C)C. The summed E-state index contributed by atoms with van der Waals surface area (Å²) in [4.78, 5) is 0. The van der Waals surface area contributed by atoms with Gasteiger partial charge in [0, 0.05) is 13.2 Å². The first-order valence-corrected chi connectivity index (χ1v) is 6.08. The van der Waals surface area contributed by atoms with Crippen molar-refractivity contribution < 1.29 is 4.74 Å². The maximum absolute atomic E-state index is 5.78. The highest BCUT2D eigenvalue weighted by molar-refractivity contribution is 4.94. The zero-order valence-corrected chi connectivity index (χ0v) is 11.2. The third-order valence-corrected chi connectivity index (χ3v) is 2.49. The number of tetrazole rings is 1. The third kappa shape index (κ3) is 3.74. The number of aromatic nitrogens is 4. The molecule has 0 radical (unpaired) electrons. The quantitative estimate of drug-likeness (QED) is 0.808. The molecule has 1 atom stereocenters. The summed E-state index contributed by atoms with van der Waals surface area (Å²) in [5.74, 6) is 0.785. The van der Waals surface area contributed by atoms with Gasteiger partial charge in [-0.2, -0.15) is 0 Å². The Hall–Kier alpha value is -1.01. The van der Waals surface area contributed by atoms with Crippen LogP contribution in [0.15, 0.2) is 0 Å². The standard InChI is InChI=1S/C11H23N5O/c1-5-17-9(11(2,3)4)10-13-14-15-16(10)8-6-7-12/h9H,5-8,12H2,1-4H3. The first-order chi connectivity index (χ1) is 8.00. The van der Waals surface area contributed by atoms with E-state index in [1.54, 1.807) is 4.68 Å². The predicted octanol–water partition coefficient (Wildman–Crippen LogP) is 1.15. The first-order valence-electron chi connectivity index (χ1n) is 6.08. The van der Waals surface area contributed by atoms with Gasteiger partial charge >= 0.3 is 0 Å². The topological polar surface area (TPSA) is 78.9 Å². The molecule has 6 heteroatoms. The number of ether oxygens (including phenoxy) is 1. The smallest absolute Gasteiger partial charge is 0.180 e. The zero-order chi connectivity index (χ0) is 12.9. The van der Waals surface area contributed by atoms with Crippen molar-refractivity contribution in [1.82, 2.24) is 20.2 Å². The van der Waals surface area contributed by atoms with Gasteiger partial charge in [-0.15, -0.1) is 5.10 Å². The van der Waals surface area contributed by atoms with Gasteiger partial charge in [-0.3, -0.25) is 0 Å². The van der Waals surface area contributed by atoms with Crippen LogP contribution >= 0.6 is 0 Å². The fraction of sp³-hybridized carbons (Fsp3) is 0.909. The molecule has 0 saturated heterocycles. The van der Waals surface area contributed by atoms with Crippen LogP contribution in [0.4, 0.5) is 0 Å². The Balaban J connectivity index is 2.90. The molecule has 0 aliphatic rings. The number of hydrogen-bond acceptors (Lipinski definition) is 5. The second kappa shape index (κ2) is 6.07. The summed E-state index contributed by atoms with van der Waals surface area (Å²) < 4.78 is 7.57. The minimum Gasteiger partial charge on any atom is -0.370 e. The summed E-state index contributed by atoms with van der Waals surface area (Å²) >= 11 is 0. The van der Waals surface area contributed by atoms with Crippen molar-refractivity contribution in [2.75, 3.05) is 13.2 Å². The lowest BCUT2D eigenvalue weighted by Crippen LogP contribution is -2.25. The molecule has 0 aliphatic carbocycles. The van der Waals surface area contributed by atoms with E-state index in [1.807, 2.05) is 6.92 Å². The normalized spacial score (nSPS) is 13.9. The molecule has 0 fully saturated rings. The molecule has 1 unspecified atom stereocenters. The van der Waals surface area contributed by atoms with E-state index in [0.717, 1.165) is 18.8 Å². The number of hydrogen-bond donors (Lipinski definition) is 1. The van der Waals surface area contributed by atoms with E-state index in [0.29, 0.717) is 13.2 Å². The van der Waals surface area contributed by atoms with E-state index >= 15 is 0 Å². The maximum Gasteiger partial charge on any atom is 0.180 e. The second-order valence-electron chi connectivity index (χ2n) is 5.10. The molecule has 0 aromatic carbocycles. The van der Waals surface area contributed by atoms with E-state index in [-0.39, 0.29) is 11.5 Å². The van der Waals surface area contributed by atoms with Crippen LogP contribution in [0.25, 0.3) is 0 Å². The van der Waals surface area contributed by atoms with Gasteiger partial charge in [0.2, 0.25) is 0 Å². The van der Waals surface area contributed by atoms with Crippen LogP contribution in [0.5, 0.6) is 0 Å².